The highest BCUT2D eigenvalue weighted by Gasteiger charge is 2.43. The van der Waals surface area contributed by atoms with E-state index in [9.17, 15) is 14.4 Å². The first kappa shape index (κ1) is 16.9. The summed E-state index contributed by atoms with van der Waals surface area (Å²) < 4.78 is 0. The normalized spacial score (nSPS) is 22.4. The van der Waals surface area contributed by atoms with Crippen LogP contribution < -0.4 is 0 Å². The van der Waals surface area contributed by atoms with Gasteiger partial charge in [-0.15, -0.1) is 11.3 Å². The Labute approximate surface area is 155 Å². The van der Waals surface area contributed by atoms with E-state index in [4.69, 9.17) is 0 Å². The highest BCUT2D eigenvalue weighted by molar-refractivity contribution is 7.07. The highest BCUT2D eigenvalue weighted by Crippen LogP contribution is 2.30. The summed E-state index contributed by atoms with van der Waals surface area (Å²) in [7, 11) is 0. The maximum absolute atomic E-state index is 12.8. The molecule has 3 saturated heterocycles. The molecule has 1 aromatic carbocycles. The molecule has 6 nitrogen and oxygen atoms in total. The SMILES string of the molecule is O=C(C(=O)N1C[C@@H]2CC[C@H](C1)N(Cc1cscn1)C2=O)c1ccccc1. The summed E-state index contributed by atoms with van der Waals surface area (Å²) in [6.45, 7) is 1.20. The molecule has 2 amide bonds. The summed E-state index contributed by atoms with van der Waals surface area (Å²) in [6, 6.07) is 8.52. The molecule has 1 aromatic heterocycles. The molecule has 0 radical (unpaired) electrons. The number of rotatable bonds is 4. The van der Waals surface area contributed by atoms with E-state index in [1.165, 1.54) is 11.3 Å². The van der Waals surface area contributed by atoms with Gasteiger partial charge in [0.25, 0.3) is 5.91 Å². The van der Waals surface area contributed by atoms with Crippen LogP contribution in [0.4, 0.5) is 0 Å². The molecule has 2 bridgehead atoms. The first-order valence-electron chi connectivity index (χ1n) is 8.69. The van der Waals surface area contributed by atoms with Crippen molar-refractivity contribution in [3.8, 4) is 0 Å². The summed E-state index contributed by atoms with van der Waals surface area (Å²) in [5.41, 5.74) is 3.01. The number of Topliss-reactive ketones (excluding diaryl/α,β-unsaturated/α-hetero) is 1. The lowest BCUT2D eigenvalue weighted by Crippen LogP contribution is -2.47. The molecule has 0 unspecified atom stereocenters. The average molecular weight is 369 g/mol. The fraction of sp³-hybridized carbons (Fsp3) is 0.368. The van der Waals surface area contributed by atoms with Gasteiger partial charge in [0.05, 0.1) is 23.7 Å². The lowest BCUT2D eigenvalue weighted by atomic mass is 9.94. The lowest BCUT2D eigenvalue weighted by molar-refractivity contribution is -0.140. The number of nitrogens with zero attached hydrogens (tertiary/aromatic N) is 3. The molecular weight excluding hydrogens is 350 g/mol. The van der Waals surface area contributed by atoms with E-state index in [0.717, 1.165) is 18.5 Å². The lowest BCUT2D eigenvalue weighted by Gasteiger charge is -2.35. The third kappa shape index (κ3) is 3.14. The minimum atomic E-state index is -0.517. The summed E-state index contributed by atoms with van der Waals surface area (Å²) in [4.78, 5) is 45.7. The van der Waals surface area contributed by atoms with E-state index in [1.807, 2.05) is 16.3 Å². The number of ketones is 1. The van der Waals surface area contributed by atoms with Crippen LogP contribution in [0.3, 0.4) is 0 Å². The van der Waals surface area contributed by atoms with Gasteiger partial charge >= 0.3 is 0 Å². The Bertz CT molecular complexity index is 822. The second-order valence-electron chi connectivity index (χ2n) is 6.78. The minimum absolute atomic E-state index is 0.0597. The van der Waals surface area contributed by atoms with Gasteiger partial charge in [0, 0.05) is 30.1 Å². The molecule has 2 atom stereocenters. The van der Waals surface area contributed by atoms with Gasteiger partial charge in [-0.2, -0.15) is 0 Å². The molecule has 5 rings (SSSR count). The highest BCUT2D eigenvalue weighted by atomic mass is 32.1. The third-order valence-electron chi connectivity index (χ3n) is 5.13. The van der Waals surface area contributed by atoms with Crippen molar-refractivity contribution in [2.24, 2.45) is 5.92 Å². The molecule has 4 heterocycles. The number of carbonyl (C=O) groups is 3. The van der Waals surface area contributed by atoms with Crippen molar-refractivity contribution in [2.75, 3.05) is 13.1 Å². The molecule has 0 N–H and O–H groups in total. The zero-order valence-electron chi connectivity index (χ0n) is 14.2. The van der Waals surface area contributed by atoms with Gasteiger partial charge < -0.3 is 9.80 Å². The van der Waals surface area contributed by atoms with E-state index < -0.39 is 11.7 Å². The molecule has 3 fully saturated rings. The van der Waals surface area contributed by atoms with E-state index in [-0.39, 0.29) is 17.9 Å². The first-order valence-corrected chi connectivity index (χ1v) is 9.64. The summed E-state index contributed by atoms with van der Waals surface area (Å²) >= 11 is 1.50. The van der Waals surface area contributed by atoms with Crippen LogP contribution in [0.25, 0.3) is 0 Å². The van der Waals surface area contributed by atoms with Crippen molar-refractivity contribution in [1.82, 2.24) is 14.8 Å². The topological polar surface area (TPSA) is 70.6 Å². The number of piperidine rings is 1. The van der Waals surface area contributed by atoms with Gasteiger partial charge in [0.2, 0.25) is 11.7 Å². The van der Waals surface area contributed by atoms with Crippen molar-refractivity contribution in [3.05, 3.63) is 52.5 Å². The van der Waals surface area contributed by atoms with Crippen LogP contribution in [0.5, 0.6) is 0 Å². The Kier molecular flexibility index (Phi) is 4.55. The molecule has 7 heteroatoms. The maximum Gasteiger partial charge on any atom is 0.295 e. The van der Waals surface area contributed by atoms with Crippen LogP contribution in [-0.2, 0) is 16.1 Å². The second kappa shape index (κ2) is 6.99. The summed E-state index contributed by atoms with van der Waals surface area (Å²) in [5.74, 6) is -1.20. The quantitative estimate of drug-likeness (QED) is 0.610. The van der Waals surface area contributed by atoms with Crippen molar-refractivity contribution < 1.29 is 14.4 Å². The number of fused-ring (bicyclic) bond motifs is 4. The van der Waals surface area contributed by atoms with Crippen LogP contribution in [-0.4, -0.2) is 51.5 Å². The molecule has 3 aliphatic rings. The Morgan fingerprint density at radius 3 is 2.69 bits per heavy atom. The number of hydrogen-bond donors (Lipinski definition) is 0. The maximum atomic E-state index is 12.8. The number of benzene rings is 1. The van der Waals surface area contributed by atoms with E-state index >= 15 is 0 Å². The predicted molar refractivity (Wildman–Crippen MR) is 96.5 cm³/mol. The van der Waals surface area contributed by atoms with Crippen LogP contribution in [0.2, 0.25) is 0 Å². The molecule has 3 aliphatic heterocycles. The fourth-order valence-electron chi connectivity index (χ4n) is 3.76. The monoisotopic (exact) mass is 369 g/mol. The summed E-state index contributed by atoms with van der Waals surface area (Å²) in [5, 5.41) is 1.94. The number of carbonyl (C=O) groups excluding carboxylic acids is 3. The van der Waals surface area contributed by atoms with Crippen LogP contribution in [0.1, 0.15) is 28.9 Å². The van der Waals surface area contributed by atoms with Crippen LogP contribution in [0, 0.1) is 5.92 Å². The molecular formula is C19H19N3O3S. The van der Waals surface area contributed by atoms with Gasteiger partial charge in [-0.1, -0.05) is 30.3 Å². The zero-order chi connectivity index (χ0) is 18.1. The molecule has 0 saturated carbocycles. The van der Waals surface area contributed by atoms with Gasteiger partial charge in [-0.25, -0.2) is 4.98 Å². The number of hydrogen-bond acceptors (Lipinski definition) is 5. The Balaban J connectivity index is 1.53. The molecule has 0 aliphatic carbocycles. The van der Waals surface area contributed by atoms with Crippen molar-refractivity contribution >= 4 is 28.9 Å². The second-order valence-corrected chi connectivity index (χ2v) is 7.50. The van der Waals surface area contributed by atoms with Crippen molar-refractivity contribution in [3.63, 3.8) is 0 Å². The van der Waals surface area contributed by atoms with E-state index in [1.54, 1.807) is 34.7 Å². The smallest absolute Gasteiger partial charge is 0.295 e. The molecule has 26 heavy (non-hydrogen) atoms. The Hall–Kier alpha value is -2.54. The largest absolute Gasteiger partial charge is 0.333 e. The van der Waals surface area contributed by atoms with Crippen molar-refractivity contribution in [1.29, 1.82) is 0 Å². The fourth-order valence-corrected chi connectivity index (χ4v) is 4.31. The van der Waals surface area contributed by atoms with Gasteiger partial charge in [-0.05, 0) is 12.8 Å². The van der Waals surface area contributed by atoms with E-state index in [0.29, 0.717) is 25.2 Å². The van der Waals surface area contributed by atoms with E-state index in [2.05, 4.69) is 4.98 Å². The van der Waals surface area contributed by atoms with Crippen LogP contribution >= 0.6 is 11.3 Å². The van der Waals surface area contributed by atoms with Crippen molar-refractivity contribution in [2.45, 2.75) is 25.4 Å². The molecule has 0 spiro atoms. The molecule has 2 aromatic rings. The molecule has 134 valence electrons. The third-order valence-corrected chi connectivity index (χ3v) is 5.76. The zero-order valence-corrected chi connectivity index (χ0v) is 15.0. The van der Waals surface area contributed by atoms with Crippen LogP contribution in [0.15, 0.2) is 41.2 Å². The van der Waals surface area contributed by atoms with Gasteiger partial charge in [0.15, 0.2) is 0 Å². The van der Waals surface area contributed by atoms with Gasteiger partial charge in [-0.3, -0.25) is 14.4 Å². The average Bonchev–Trinajstić information content (AvgIpc) is 3.04. The summed E-state index contributed by atoms with van der Waals surface area (Å²) in [6.07, 6.45) is 1.62. The Morgan fingerprint density at radius 2 is 1.96 bits per heavy atom. The first-order chi connectivity index (χ1) is 12.6. The minimum Gasteiger partial charge on any atom is -0.333 e. The number of thiazole rings is 1. The number of amides is 2. The van der Waals surface area contributed by atoms with Gasteiger partial charge in [0.1, 0.15) is 0 Å². The number of aromatic nitrogens is 1. The predicted octanol–water partition coefficient (Wildman–Crippen LogP) is 1.98. The Morgan fingerprint density at radius 1 is 1.15 bits per heavy atom. The standard InChI is InChI=1S/C19H19N3O3S/c23-17(13-4-2-1-3-5-13)19(25)21-8-14-6-7-16(10-21)22(18(14)24)9-15-11-26-12-20-15/h1-5,11-12,14,16H,6-10H2/t14-,16+/m0/s1.